The monoisotopic (exact) mass is 605 g/mol. The van der Waals surface area contributed by atoms with E-state index in [9.17, 15) is 22.4 Å². The Morgan fingerprint density at radius 2 is 1.68 bits per heavy atom. The third kappa shape index (κ3) is 7.89. The summed E-state index contributed by atoms with van der Waals surface area (Å²) in [6.07, 6.45) is 0.697. The minimum atomic E-state index is -4.39. The second kappa shape index (κ2) is 14.2. The summed E-state index contributed by atoms with van der Waals surface area (Å²) in [5.74, 6) is -1.14. The number of benzene rings is 3. The van der Waals surface area contributed by atoms with E-state index in [-0.39, 0.29) is 22.9 Å². The van der Waals surface area contributed by atoms with Crippen LogP contribution in [0.25, 0.3) is 0 Å². The molecule has 3 aromatic rings. The van der Waals surface area contributed by atoms with E-state index in [0.717, 1.165) is 16.4 Å². The second-order valence-corrected chi connectivity index (χ2v) is 11.4. The van der Waals surface area contributed by atoms with Crippen molar-refractivity contribution in [3.05, 3.63) is 83.1 Å². The summed E-state index contributed by atoms with van der Waals surface area (Å²) in [5.41, 5.74) is 0.706. The number of rotatable bonds is 13. The molecule has 0 radical (unpaired) electrons. The average Bonchev–Trinajstić information content (AvgIpc) is 2.97. The first-order valence-electron chi connectivity index (χ1n) is 12.8. The summed E-state index contributed by atoms with van der Waals surface area (Å²) in [5, 5.41) is 3.22. The second-order valence-electron chi connectivity index (χ2n) is 9.12. The third-order valence-electron chi connectivity index (χ3n) is 6.29. The standard InChI is InChI=1S/C29H33ClFN3O6S/c1-5-15-32-29(36)20(2)33(18-21-7-6-8-22(30)16-21)28(35)19-34(24-11-9-23(31)10-12-24)41(37,38)25-13-14-26(39-3)27(17-25)40-4/h6-14,16-17,20H,5,15,18-19H2,1-4H3,(H,32,36). The molecule has 220 valence electrons. The molecule has 2 amide bonds. The highest BCUT2D eigenvalue weighted by atomic mass is 35.5. The molecule has 0 aliphatic heterocycles. The van der Waals surface area contributed by atoms with Crippen LogP contribution in [0, 0.1) is 5.82 Å². The molecule has 0 saturated heterocycles. The van der Waals surface area contributed by atoms with Gasteiger partial charge >= 0.3 is 0 Å². The molecule has 0 bridgehead atoms. The van der Waals surface area contributed by atoms with E-state index in [0.29, 0.717) is 29.3 Å². The lowest BCUT2D eigenvalue weighted by Crippen LogP contribution is -2.51. The zero-order valence-electron chi connectivity index (χ0n) is 23.3. The van der Waals surface area contributed by atoms with Crippen LogP contribution < -0.4 is 19.1 Å². The minimum Gasteiger partial charge on any atom is -0.493 e. The fourth-order valence-corrected chi connectivity index (χ4v) is 5.69. The molecule has 12 heteroatoms. The molecule has 0 saturated carbocycles. The SMILES string of the molecule is CCCNC(=O)C(C)N(Cc1cccc(Cl)c1)C(=O)CN(c1ccc(F)cc1)S(=O)(=O)c1ccc(OC)c(OC)c1. The molecule has 0 fully saturated rings. The van der Waals surface area contributed by atoms with Crippen LogP contribution in [0.5, 0.6) is 11.5 Å². The predicted molar refractivity (Wildman–Crippen MR) is 155 cm³/mol. The van der Waals surface area contributed by atoms with E-state index in [1.807, 2.05) is 6.92 Å². The molecule has 0 aliphatic carbocycles. The van der Waals surface area contributed by atoms with Crippen LogP contribution in [0.4, 0.5) is 10.1 Å². The zero-order chi connectivity index (χ0) is 30.2. The van der Waals surface area contributed by atoms with Crippen molar-refractivity contribution in [3.8, 4) is 11.5 Å². The number of carbonyl (C=O) groups is 2. The molecule has 41 heavy (non-hydrogen) atoms. The van der Waals surface area contributed by atoms with E-state index in [2.05, 4.69) is 5.32 Å². The van der Waals surface area contributed by atoms with E-state index >= 15 is 0 Å². The number of hydrogen-bond donors (Lipinski definition) is 1. The van der Waals surface area contributed by atoms with Crippen LogP contribution in [0.2, 0.25) is 5.02 Å². The van der Waals surface area contributed by atoms with Gasteiger partial charge in [-0.1, -0.05) is 30.7 Å². The summed E-state index contributed by atoms with van der Waals surface area (Å²) in [4.78, 5) is 27.9. The van der Waals surface area contributed by atoms with Crippen molar-refractivity contribution >= 4 is 39.1 Å². The Labute approximate surface area is 244 Å². The van der Waals surface area contributed by atoms with Crippen molar-refractivity contribution in [3.63, 3.8) is 0 Å². The Bertz CT molecular complexity index is 1470. The summed E-state index contributed by atoms with van der Waals surface area (Å²) < 4.78 is 53.1. The lowest BCUT2D eigenvalue weighted by molar-refractivity contribution is -0.139. The van der Waals surface area contributed by atoms with Crippen LogP contribution in [0.3, 0.4) is 0 Å². The van der Waals surface area contributed by atoms with Gasteiger partial charge in [-0.05, 0) is 67.4 Å². The molecule has 0 aliphatic rings. The van der Waals surface area contributed by atoms with Crippen LogP contribution in [0.15, 0.2) is 71.6 Å². The number of carbonyl (C=O) groups excluding carboxylic acids is 2. The summed E-state index contributed by atoms with van der Waals surface area (Å²) >= 11 is 6.15. The lowest BCUT2D eigenvalue weighted by atomic mass is 10.1. The van der Waals surface area contributed by atoms with Gasteiger partial charge in [-0.2, -0.15) is 0 Å². The van der Waals surface area contributed by atoms with Gasteiger partial charge in [0, 0.05) is 24.2 Å². The van der Waals surface area contributed by atoms with Crippen LogP contribution in [0.1, 0.15) is 25.8 Å². The van der Waals surface area contributed by atoms with Crippen molar-refractivity contribution in [2.45, 2.75) is 37.8 Å². The first-order chi connectivity index (χ1) is 19.5. The van der Waals surface area contributed by atoms with Crippen molar-refractivity contribution in [1.29, 1.82) is 0 Å². The van der Waals surface area contributed by atoms with Gasteiger partial charge in [0.05, 0.1) is 24.8 Å². The van der Waals surface area contributed by atoms with Gasteiger partial charge in [0.25, 0.3) is 10.0 Å². The quantitative estimate of drug-likeness (QED) is 0.304. The Morgan fingerprint density at radius 3 is 2.29 bits per heavy atom. The van der Waals surface area contributed by atoms with Gasteiger partial charge in [-0.25, -0.2) is 12.8 Å². The molecule has 0 spiro atoms. The number of nitrogens with one attached hydrogen (secondary N) is 1. The Balaban J connectivity index is 2.06. The number of halogens is 2. The first-order valence-corrected chi connectivity index (χ1v) is 14.7. The van der Waals surface area contributed by atoms with E-state index < -0.39 is 40.2 Å². The van der Waals surface area contributed by atoms with E-state index in [1.165, 1.54) is 49.5 Å². The molecule has 1 N–H and O–H groups in total. The topological polar surface area (TPSA) is 105 Å². The molecule has 3 aromatic carbocycles. The highest BCUT2D eigenvalue weighted by molar-refractivity contribution is 7.92. The number of anilines is 1. The smallest absolute Gasteiger partial charge is 0.264 e. The van der Waals surface area contributed by atoms with Crippen molar-refractivity contribution in [1.82, 2.24) is 10.2 Å². The molecule has 9 nitrogen and oxygen atoms in total. The van der Waals surface area contributed by atoms with Gasteiger partial charge in [0.15, 0.2) is 11.5 Å². The normalized spacial score (nSPS) is 11.9. The van der Waals surface area contributed by atoms with Crippen LogP contribution in [-0.4, -0.2) is 58.5 Å². The van der Waals surface area contributed by atoms with E-state index in [1.54, 1.807) is 31.2 Å². The zero-order valence-corrected chi connectivity index (χ0v) is 24.8. The fourth-order valence-electron chi connectivity index (χ4n) is 4.05. The Morgan fingerprint density at radius 1 is 1.00 bits per heavy atom. The lowest BCUT2D eigenvalue weighted by Gasteiger charge is -2.32. The molecular formula is C29H33ClFN3O6S. The summed E-state index contributed by atoms with van der Waals surface area (Å²) in [6.45, 7) is 3.21. The van der Waals surface area contributed by atoms with Gasteiger partial charge in [-0.15, -0.1) is 0 Å². The number of sulfonamides is 1. The van der Waals surface area contributed by atoms with Crippen LogP contribution in [-0.2, 0) is 26.2 Å². The molecule has 1 unspecified atom stereocenters. The highest BCUT2D eigenvalue weighted by Gasteiger charge is 2.33. The summed E-state index contributed by atoms with van der Waals surface area (Å²) in [6, 6.07) is 14.6. The van der Waals surface area contributed by atoms with Gasteiger partial charge < -0.3 is 19.7 Å². The maximum absolute atomic E-state index is 14.0. The molecule has 0 heterocycles. The van der Waals surface area contributed by atoms with Crippen molar-refractivity contribution in [2.75, 3.05) is 31.6 Å². The maximum Gasteiger partial charge on any atom is 0.264 e. The minimum absolute atomic E-state index is 0.00618. The first kappa shape index (κ1) is 31.7. The van der Waals surface area contributed by atoms with Crippen LogP contribution >= 0.6 is 11.6 Å². The van der Waals surface area contributed by atoms with Crippen molar-refractivity contribution < 1.29 is 31.9 Å². The summed E-state index contributed by atoms with van der Waals surface area (Å²) in [7, 11) is -1.60. The Kier molecular flexibility index (Phi) is 11.0. The number of amides is 2. The number of hydrogen-bond acceptors (Lipinski definition) is 6. The largest absolute Gasteiger partial charge is 0.493 e. The highest BCUT2D eigenvalue weighted by Crippen LogP contribution is 2.32. The van der Waals surface area contributed by atoms with Crippen molar-refractivity contribution in [2.24, 2.45) is 0 Å². The molecule has 1 atom stereocenters. The fraction of sp³-hybridized carbons (Fsp3) is 0.310. The Hall–Kier alpha value is -3.83. The van der Waals surface area contributed by atoms with E-state index in [4.69, 9.17) is 21.1 Å². The maximum atomic E-state index is 14.0. The predicted octanol–water partition coefficient (Wildman–Crippen LogP) is 4.64. The average molecular weight is 606 g/mol. The number of methoxy groups -OCH3 is 2. The number of ether oxygens (including phenoxy) is 2. The molecule has 3 rings (SSSR count). The third-order valence-corrected chi connectivity index (χ3v) is 8.30. The van der Waals surface area contributed by atoms with Gasteiger partial charge in [0.1, 0.15) is 18.4 Å². The molecular weight excluding hydrogens is 573 g/mol. The molecule has 0 aromatic heterocycles. The number of nitrogens with zero attached hydrogens (tertiary/aromatic N) is 2. The van der Waals surface area contributed by atoms with Gasteiger partial charge in [0.2, 0.25) is 11.8 Å². The van der Waals surface area contributed by atoms with Gasteiger partial charge in [-0.3, -0.25) is 13.9 Å².